The Kier molecular flexibility index (Phi) is 4.98. The Labute approximate surface area is 122 Å². The molecule has 1 aromatic rings. The molecule has 108 valence electrons. The highest BCUT2D eigenvalue weighted by molar-refractivity contribution is 6.31. The monoisotopic (exact) mass is 297 g/mol. The molecule has 2 rings (SSSR count). The zero-order valence-corrected chi connectivity index (χ0v) is 11.9. The van der Waals surface area contributed by atoms with Crippen molar-refractivity contribution in [3.8, 4) is 0 Å². The number of anilines is 1. The first-order valence-corrected chi connectivity index (χ1v) is 6.79. The molecule has 1 atom stereocenters. The normalized spacial score (nSPS) is 17.8. The predicted octanol–water partition coefficient (Wildman–Crippen LogP) is 2.31. The topological polar surface area (TPSA) is 64.6 Å². The first-order chi connectivity index (χ1) is 9.58. The van der Waals surface area contributed by atoms with E-state index in [2.05, 4.69) is 5.32 Å². The zero-order chi connectivity index (χ0) is 14.5. The van der Waals surface area contributed by atoms with Crippen LogP contribution >= 0.6 is 11.6 Å². The molecule has 0 spiro atoms. The lowest BCUT2D eigenvalue weighted by Crippen LogP contribution is -2.27. The predicted molar refractivity (Wildman–Crippen MR) is 74.8 cm³/mol. The Bertz CT molecular complexity index is 512. The molecule has 0 aromatic heterocycles. The number of hydrogen-bond donors (Lipinski definition) is 1. The average molecular weight is 298 g/mol. The van der Waals surface area contributed by atoms with Crippen molar-refractivity contribution in [1.29, 1.82) is 0 Å². The summed E-state index contributed by atoms with van der Waals surface area (Å²) in [7, 11) is 0. The van der Waals surface area contributed by atoms with Gasteiger partial charge in [0.1, 0.15) is 0 Å². The lowest BCUT2D eigenvalue weighted by Gasteiger charge is -2.11. The number of carbonyl (C=O) groups excluding carboxylic acids is 2. The number of carbonyl (C=O) groups is 2. The Hall–Kier alpha value is -1.59. The molecule has 1 unspecified atom stereocenters. The van der Waals surface area contributed by atoms with Gasteiger partial charge in [0, 0.05) is 17.3 Å². The fourth-order valence-corrected chi connectivity index (χ4v) is 2.10. The summed E-state index contributed by atoms with van der Waals surface area (Å²) < 4.78 is 10.1. The molecular formula is C14H16ClNO4. The van der Waals surface area contributed by atoms with Gasteiger partial charge in [-0.15, -0.1) is 0 Å². The van der Waals surface area contributed by atoms with E-state index in [4.69, 9.17) is 21.1 Å². The second-order valence-corrected chi connectivity index (χ2v) is 4.98. The molecule has 1 fully saturated rings. The molecule has 1 aliphatic heterocycles. The van der Waals surface area contributed by atoms with Crippen molar-refractivity contribution in [3.05, 3.63) is 28.8 Å². The molecule has 1 amide bonds. The van der Waals surface area contributed by atoms with Gasteiger partial charge in [-0.3, -0.25) is 4.79 Å². The third-order valence-electron chi connectivity index (χ3n) is 3.08. The van der Waals surface area contributed by atoms with Crippen LogP contribution in [0, 0.1) is 6.92 Å². The summed E-state index contributed by atoms with van der Waals surface area (Å²) >= 11 is 5.96. The van der Waals surface area contributed by atoms with Crippen LogP contribution in [-0.4, -0.2) is 31.2 Å². The van der Waals surface area contributed by atoms with Gasteiger partial charge in [-0.05, 0) is 37.5 Å². The minimum atomic E-state index is -0.532. The lowest BCUT2D eigenvalue weighted by molar-refractivity contribution is -0.156. The largest absolute Gasteiger partial charge is 0.454 e. The first kappa shape index (κ1) is 14.8. The van der Waals surface area contributed by atoms with Crippen LogP contribution in [0.15, 0.2) is 18.2 Å². The van der Waals surface area contributed by atoms with Gasteiger partial charge in [0.05, 0.1) is 0 Å². The summed E-state index contributed by atoms with van der Waals surface area (Å²) in [6.07, 6.45) is 0.956. The van der Waals surface area contributed by atoms with Crippen molar-refractivity contribution in [1.82, 2.24) is 0 Å². The average Bonchev–Trinajstić information content (AvgIpc) is 2.95. The summed E-state index contributed by atoms with van der Waals surface area (Å²) in [5, 5.41) is 3.22. The third-order valence-corrected chi connectivity index (χ3v) is 3.49. The van der Waals surface area contributed by atoms with E-state index in [-0.39, 0.29) is 6.61 Å². The number of hydrogen-bond acceptors (Lipinski definition) is 4. The quantitative estimate of drug-likeness (QED) is 0.866. The molecule has 0 bridgehead atoms. The van der Waals surface area contributed by atoms with E-state index in [1.54, 1.807) is 25.1 Å². The summed E-state index contributed by atoms with van der Waals surface area (Å²) in [4.78, 5) is 23.3. The molecule has 1 N–H and O–H groups in total. The van der Waals surface area contributed by atoms with Crippen LogP contribution < -0.4 is 5.32 Å². The molecule has 1 heterocycles. The van der Waals surface area contributed by atoms with E-state index in [1.165, 1.54) is 0 Å². The van der Waals surface area contributed by atoms with E-state index in [0.29, 0.717) is 23.7 Å². The van der Waals surface area contributed by atoms with E-state index >= 15 is 0 Å². The Morgan fingerprint density at radius 3 is 3.00 bits per heavy atom. The molecule has 1 aromatic carbocycles. The molecule has 5 nitrogen and oxygen atoms in total. The number of benzene rings is 1. The number of halogens is 1. The van der Waals surface area contributed by atoms with Gasteiger partial charge in [0.25, 0.3) is 5.91 Å². The fraction of sp³-hybridized carbons (Fsp3) is 0.429. The summed E-state index contributed by atoms with van der Waals surface area (Å²) in [5.74, 6) is -0.887. The van der Waals surface area contributed by atoms with Gasteiger partial charge >= 0.3 is 5.97 Å². The van der Waals surface area contributed by atoms with Crippen LogP contribution in [0.25, 0.3) is 0 Å². The number of nitrogens with one attached hydrogen (secondary N) is 1. The summed E-state index contributed by atoms with van der Waals surface area (Å²) in [5.41, 5.74) is 1.38. The Morgan fingerprint density at radius 2 is 2.30 bits per heavy atom. The van der Waals surface area contributed by atoms with Crippen LogP contribution in [0.5, 0.6) is 0 Å². The maximum Gasteiger partial charge on any atom is 0.335 e. The number of rotatable bonds is 4. The van der Waals surface area contributed by atoms with Crippen LogP contribution in [-0.2, 0) is 19.1 Å². The second kappa shape index (κ2) is 6.72. The summed E-state index contributed by atoms with van der Waals surface area (Å²) in [6.45, 7) is 2.04. The van der Waals surface area contributed by atoms with Gasteiger partial charge in [0.2, 0.25) is 0 Å². The SMILES string of the molecule is Cc1c(Cl)cccc1NC(=O)COC(=O)C1CCCO1. The standard InChI is InChI=1S/C14H16ClNO4/c1-9-10(15)4-2-5-11(9)16-13(17)8-20-14(18)12-6-3-7-19-12/h2,4-5,12H,3,6-8H2,1H3,(H,16,17). The maximum atomic E-state index is 11.7. The number of ether oxygens (including phenoxy) is 2. The maximum absolute atomic E-state index is 11.7. The van der Waals surface area contributed by atoms with Crippen molar-refractivity contribution in [2.75, 3.05) is 18.5 Å². The molecule has 0 aliphatic carbocycles. The zero-order valence-electron chi connectivity index (χ0n) is 11.1. The van der Waals surface area contributed by atoms with Gasteiger partial charge < -0.3 is 14.8 Å². The molecule has 1 saturated heterocycles. The fourth-order valence-electron chi connectivity index (χ4n) is 1.92. The lowest BCUT2D eigenvalue weighted by atomic mass is 10.2. The molecule has 0 saturated carbocycles. The summed E-state index contributed by atoms with van der Waals surface area (Å²) in [6, 6.07) is 5.22. The van der Waals surface area contributed by atoms with Gasteiger partial charge in [-0.25, -0.2) is 4.79 Å². The second-order valence-electron chi connectivity index (χ2n) is 4.57. The van der Waals surface area contributed by atoms with E-state index < -0.39 is 18.0 Å². The van der Waals surface area contributed by atoms with Crippen LogP contribution in [0.4, 0.5) is 5.69 Å². The smallest absolute Gasteiger partial charge is 0.335 e. The molecule has 0 radical (unpaired) electrons. The van der Waals surface area contributed by atoms with Gasteiger partial charge in [-0.2, -0.15) is 0 Å². The highest BCUT2D eigenvalue weighted by Crippen LogP contribution is 2.22. The highest BCUT2D eigenvalue weighted by Gasteiger charge is 2.25. The number of esters is 1. The van der Waals surface area contributed by atoms with E-state index in [9.17, 15) is 9.59 Å². The van der Waals surface area contributed by atoms with Crippen molar-refractivity contribution in [2.45, 2.75) is 25.9 Å². The molecule has 20 heavy (non-hydrogen) atoms. The van der Waals surface area contributed by atoms with Gasteiger partial charge in [-0.1, -0.05) is 17.7 Å². The molecule has 1 aliphatic rings. The van der Waals surface area contributed by atoms with E-state index in [1.807, 2.05) is 0 Å². The minimum absolute atomic E-state index is 0.329. The van der Waals surface area contributed by atoms with Crippen LogP contribution in [0.2, 0.25) is 5.02 Å². The highest BCUT2D eigenvalue weighted by atomic mass is 35.5. The Balaban J connectivity index is 1.83. The molecular weight excluding hydrogens is 282 g/mol. The van der Waals surface area contributed by atoms with E-state index in [0.717, 1.165) is 12.0 Å². The van der Waals surface area contributed by atoms with Crippen molar-refractivity contribution in [2.24, 2.45) is 0 Å². The Morgan fingerprint density at radius 1 is 1.50 bits per heavy atom. The van der Waals surface area contributed by atoms with Crippen molar-refractivity contribution < 1.29 is 19.1 Å². The van der Waals surface area contributed by atoms with Crippen molar-refractivity contribution >= 4 is 29.2 Å². The number of amides is 1. The van der Waals surface area contributed by atoms with Crippen LogP contribution in [0.3, 0.4) is 0 Å². The first-order valence-electron chi connectivity index (χ1n) is 6.41. The minimum Gasteiger partial charge on any atom is -0.454 e. The van der Waals surface area contributed by atoms with Crippen LogP contribution in [0.1, 0.15) is 18.4 Å². The van der Waals surface area contributed by atoms with Crippen molar-refractivity contribution in [3.63, 3.8) is 0 Å². The third kappa shape index (κ3) is 3.71. The molecule has 6 heteroatoms. The van der Waals surface area contributed by atoms with Gasteiger partial charge in [0.15, 0.2) is 12.7 Å².